The molecule has 7 heteroatoms. The first-order valence-corrected chi connectivity index (χ1v) is 9.64. The molecule has 0 aliphatic rings. The molecular formula is C18H29N5OS. The third-order valence-corrected chi connectivity index (χ3v) is 4.51. The van der Waals surface area contributed by atoms with Crippen LogP contribution in [0, 0.1) is 5.92 Å². The number of hydrogen-bond donors (Lipinski definition) is 3. The Labute approximate surface area is 154 Å². The molecule has 3 N–H and O–H groups in total. The third-order valence-electron chi connectivity index (χ3n) is 3.83. The molecule has 0 aliphatic heterocycles. The summed E-state index contributed by atoms with van der Waals surface area (Å²) in [4.78, 5) is 9.01. The van der Waals surface area contributed by atoms with Gasteiger partial charge in [-0.3, -0.25) is 0 Å². The maximum absolute atomic E-state index is 10.6. The fourth-order valence-corrected chi connectivity index (χ4v) is 3.25. The highest BCUT2D eigenvalue weighted by Gasteiger charge is 2.23. The van der Waals surface area contributed by atoms with Crippen molar-refractivity contribution in [3.05, 3.63) is 40.6 Å². The molecule has 0 bridgehead atoms. The van der Waals surface area contributed by atoms with Gasteiger partial charge in [0.05, 0.1) is 6.54 Å². The van der Waals surface area contributed by atoms with E-state index in [1.165, 1.54) is 0 Å². The summed E-state index contributed by atoms with van der Waals surface area (Å²) >= 11 is 1.58. The average Bonchev–Trinajstić information content (AvgIpc) is 3.22. The van der Waals surface area contributed by atoms with Gasteiger partial charge in [0.2, 0.25) is 0 Å². The number of imidazole rings is 1. The summed E-state index contributed by atoms with van der Waals surface area (Å²) in [5.41, 5.74) is -0.0277. The number of aliphatic hydroxyl groups is 1. The van der Waals surface area contributed by atoms with Gasteiger partial charge in [0, 0.05) is 25.5 Å². The number of nitrogens with one attached hydrogen (secondary N) is 2. The molecule has 0 saturated heterocycles. The lowest BCUT2D eigenvalue weighted by molar-refractivity contribution is 0.0621. The van der Waals surface area contributed by atoms with Crippen molar-refractivity contribution in [3.63, 3.8) is 0 Å². The fraction of sp³-hybridized carbons (Fsp3) is 0.556. The molecule has 0 fully saturated rings. The number of hydrogen-bond acceptors (Lipinski definition) is 4. The van der Waals surface area contributed by atoms with Crippen LogP contribution in [0.3, 0.4) is 0 Å². The zero-order valence-corrected chi connectivity index (χ0v) is 16.3. The summed E-state index contributed by atoms with van der Waals surface area (Å²) < 4.78 is 2.14. The van der Waals surface area contributed by atoms with Crippen LogP contribution in [0.4, 0.5) is 0 Å². The zero-order chi connectivity index (χ0) is 18.3. The molecule has 0 spiro atoms. The Bertz CT molecular complexity index is 661. The minimum absolute atomic E-state index is 0.385. The fourth-order valence-electron chi connectivity index (χ4n) is 2.47. The first-order valence-electron chi connectivity index (χ1n) is 8.69. The molecule has 0 radical (unpaired) electrons. The molecule has 0 saturated carbocycles. The SMILES string of the molecule is CCNC(=NCc1nccn1CC(C)C)NCC(C)(O)c1ccsc1. The Balaban J connectivity index is 2.00. The average molecular weight is 364 g/mol. The van der Waals surface area contributed by atoms with E-state index >= 15 is 0 Å². The summed E-state index contributed by atoms with van der Waals surface area (Å²) in [7, 11) is 0. The van der Waals surface area contributed by atoms with E-state index in [9.17, 15) is 5.11 Å². The molecule has 138 valence electrons. The zero-order valence-electron chi connectivity index (χ0n) is 15.5. The molecule has 1 unspecified atom stereocenters. The molecule has 0 amide bonds. The van der Waals surface area contributed by atoms with Crippen molar-refractivity contribution in [2.45, 2.75) is 46.4 Å². The van der Waals surface area contributed by atoms with Gasteiger partial charge in [-0.2, -0.15) is 11.3 Å². The summed E-state index contributed by atoms with van der Waals surface area (Å²) in [5.74, 6) is 2.18. The van der Waals surface area contributed by atoms with Crippen LogP contribution >= 0.6 is 11.3 Å². The van der Waals surface area contributed by atoms with Crippen LogP contribution in [0.25, 0.3) is 0 Å². The van der Waals surface area contributed by atoms with Crippen LogP contribution in [0.2, 0.25) is 0 Å². The molecule has 0 aliphatic carbocycles. The van der Waals surface area contributed by atoms with Crippen LogP contribution in [0.1, 0.15) is 39.1 Å². The minimum Gasteiger partial charge on any atom is -0.384 e. The summed E-state index contributed by atoms with van der Waals surface area (Å²) in [6, 6.07) is 1.94. The number of aliphatic imine (C=N–C) groups is 1. The van der Waals surface area contributed by atoms with Crippen LogP contribution in [0.5, 0.6) is 0 Å². The molecule has 1 atom stereocenters. The Hall–Kier alpha value is -1.86. The number of thiophene rings is 1. The molecule has 2 aromatic heterocycles. The topological polar surface area (TPSA) is 74.5 Å². The second-order valence-corrected chi connectivity index (χ2v) is 7.50. The van der Waals surface area contributed by atoms with E-state index in [4.69, 9.17) is 0 Å². The van der Waals surface area contributed by atoms with E-state index in [1.54, 1.807) is 18.3 Å². The van der Waals surface area contributed by atoms with E-state index in [-0.39, 0.29) is 0 Å². The number of rotatable bonds is 8. The van der Waals surface area contributed by atoms with Gasteiger partial charge in [0.1, 0.15) is 18.0 Å². The van der Waals surface area contributed by atoms with E-state index in [0.29, 0.717) is 25.0 Å². The van der Waals surface area contributed by atoms with E-state index < -0.39 is 5.60 Å². The second-order valence-electron chi connectivity index (χ2n) is 6.72. The summed E-state index contributed by atoms with van der Waals surface area (Å²) in [6.07, 6.45) is 3.81. The summed E-state index contributed by atoms with van der Waals surface area (Å²) in [6.45, 7) is 10.8. The second kappa shape index (κ2) is 9.01. The van der Waals surface area contributed by atoms with Crippen molar-refractivity contribution in [1.29, 1.82) is 0 Å². The molecule has 25 heavy (non-hydrogen) atoms. The molecule has 2 rings (SSSR count). The van der Waals surface area contributed by atoms with Crippen molar-refractivity contribution >= 4 is 17.3 Å². The van der Waals surface area contributed by atoms with Crippen LogP contribution in [-0.4, -0.2) is 33.7 Å². The lowest BCUT2D eigenvalue weighted by atomic mass is 9.99. The predicted molar refractivity (Wildman–Crippen MR) is 104 cm³/mol. The summed E-state index contributed by atoms with van der Waals surface area (Å²) in [5, 5.41) is 21.0. The lowest BCUT2D eigenvalue weighted by Gasteiger charge is -2.24. The molecule has 2 heterocycles. The Morgan fingerprint density at radius 3 is 2.88 bits per heavy atom. The van der Waals surface area contributed by atoms with Crippen molar-refractivity contribution in [2.75, 3.05) is 13.1 Å². The first kappa shape index (κ1) is 19.5. The van der Waals surface area contributed by atoms with E-state index in [2.05, 4.69) is 39.0 Å². The van der Waals surface area contributed by atoms with Crippen molar-refractivity contribution in [2.24, 2.45) is 10.9 Å². The Morgan fingerprint density at radius 2 is 2.24 bits per heavy atom. The van der Waals surface area contributed by atoms with Gasteiger partial charge < -0.3 is 20.3 Å². The maximum Gasteiger partial charge on any atom is 0.191 e. The van der Waals surface area contributed by atoms with E-state index in [1.807, 2.05) is 36.1 Å². The molecule has 6 nitrogen and oxygen atoms in total. The molecule has 2 aromatic rings. The van der Waals surface area contributed by atoms with Gasteiger partial charge in [0.15, 0.2) is 5.96 Å². The highest BCUT2D eigenvalue weighted by molar-refractivity contribution is 7.08. The first-order chi connectivity index (χ1) is 11.9. The minimum atomic E-state index is -0.938. The van der Waals surface area contributed by atoms with Gasteiger partial charge >= 0.3 is 0 Å². The normalized spacial score (nSPS) is 14.6. The standard InChI is InChI=1S/C18H29N5OS/c1-5-19-17(22-13-18(4,24)15-6-9-25-12-15)21-10-16-20-7-8-23(16)11-14(2)3/h6-9,12,14,24H,5,10-11,13H2,1-4H3,(H2,19,21,22). The van der Waals surface area contributed by atoms with Gasteiger partial charge in [0.25, 0.3) is 0 Å². The predicted octanol–water partition coefficient (Wildman–Crippen LogP) is 2.56. The maximum atomic E-state index is 10.6. The number of aromatic nitrogens is 2. The molecular weight excluding hydrogens is 334 g/mol. The number of nitrogens with zero attached hydrogens (tertiary/aromatic N) is 3. The largest absolute Gasteiger partial charge is 0.384 e. The molecule has 0 aromatic carbocycles. The highest BCUT2D eigenvalue weighted by atomic mass is 32.1. The smallest absolute Gasteiger partial charge is 0.191 e. The van der Waals surface area contributed by atoms with Gasteiger partial charge in [-0.15, -0.1) is 0 Å². The third kappa shape index (κ3) is 5.86. The van der Waals surface area contributed by atoms with Gasteiger partial charge in [-0.05, 0) is 42.2 Å². The van der Waals surface area contributed by atoms with Crippen LogP contribution in [0.15, 0.2) is 34.2 Å². The van der Waals surface area contributed by atoms with Crippen molar-refractivity contribution < 1.29 is 5.11 Å². The van der Waals surface area contributed by atoms with Crippen LogP contribution < -0.4 is 10.6 Å². The van der Waals surface area contributed by atoms with Gasteiger partial charge in [-0.25, -0.2) is 9.98 Å². The Morgan fingerprint density at radius 1 is 1.44 bits per heavy atom. The Kier molecular flexibility index (Phi) is 7.01. The lowest BCUT2D eigenvalue weighted by Crippen LogP contribution is -2.44. The van der Waals surface area contributed by atoms with E-state index in [0.717, 1.165) is 24.5 Å². The number of guanidine groups is 1. The van der Waals surface area contributed by atoms with Crippen molar-refractivity contribution in [3.8, 4) is 0 Å². The quantitative estimate of drug-likeness (QED) is 0.498. The van der Waals surface area contributed by atoms with Crippen molar-refractivity contribution in [1.82, 2.24) is 20.2 Å². The van der Waals surface area contributed by atoms with Crippen LogP contribution in [-0.2, 0) is 18.7 Å². The monoisotopic (exact) mass is 363 g/mol. The highest BCUT2D eigenvalue weighted by Crippen LogP contribution is 2.21. The van der Waals surface area contributed by atoms with Gasteiger partial charge in [-0.1, -0.05) is 13.8 Å².